The highest BCUT2D eigenvalue weighted by Gasteiger charge is 2.14. The van der Waals surface area contributed by atoms with Gasteiger partial charge in [0.25, 0.3) is 5.91 Å². The number of aryl methyl sites for hydroxylation is 2. The molecule has 0 spiro atoms. The zero-order chi connectivity index (χ0) is 18.0. The maximum absolute atomic E-state index is 13.7. The van der Waals surface area contributed by atoms with E-state index in [1.807, 2.05) is 0 Å². The Morgan fingerprint density at radius 1 is 1.08 bits per heavy atom. The Balaban J connectivity index is 1.82. The van der Waals surface area contributed by atoms with E-state index in [9.17, 15) is 13.6 Å². The van der Waals surface area contributed by atoms with Crippen LogP contribution < -0.4 is 10.6 Å². The summed E-state index contributed by atoms with van der Waals surface area (Å²) in [6, 6.07) is 5.90. The second-order valence-electron chi connectivity index (χ2n) is 5.21. The van der Waals surface area contributed by atoms with Gasteiger partial charge in [-0.3, -0.25) is 4.79 Å². The number of nitrogens with one attached hydrogen (secondary N) is 2. The average molecular weight is 345 g/mol. The van der Waals surface area contributed by atoms with Crippen LogP contribution in [0.15, 0.2) is 34.9 Å². The van der Waals surface area contributed by atoms with Gasteiger partial charge in [-0.1, -0.05) is 5.16 Å². The van der Waals surface area contributed by atoms with Crippen molar-refractivity contribution in [3.05, 3.63) is 59.2 Å². The lowest BCUT2D eigenvalue weighted by molar-refractivity contribution is 0.102. The number of hydrogen-bond acceptors (Lipinski definition) is 6. The van der Waals surface area contributed by atoms with Crippen LogP contribution in [0.1, 0.15) is 22.1 Å². The van der Waals surface area contributed by atoms with E-state index in [1.165, 1.54) is 6.07 Å². The van der Waals surface area contributed by atoms with Gasteiger partial charge in [-0.25, -0.2) is 18.7 Å². The van der Waals surface area contributed by atoms with E-state index in [1.54, 1.807) is 19.9 Å². The molecule has 0 aliphatic rings. The van der Waals surface area contributed by atoms with Gasteiger partial charge in [0.2, 0.25) is 0 Å². The third kappa shape index (κ3) is 3.94. The minimum absolute atomic E-state index is 0.0129. The van der Waals surface area contributed by atoms with Crippen molar-refractivity contribution in [2.45, 2.75) is 13.8 Å². The topological polar surface area (TPSA) is 92.9 Å². The number of anilines is 3. The van der Waals surface area contributed by atoms with Crippen LogP contribution in [-0.4, -0.2) is 21.0 Å². The van der Waals surface area contributed by atoms with E-state index >= 15 is 0 Å². The van der Waals surface area contributed by atoms with Crippen molar-refractivity contribution in [3.8, 4) is 0 Å². The number of halogens is 2. The first-order chi connectivity index (χ1) is 11.9. The molecule has 2 heterocycles. The fraction of sp³-hybridized carbons (Fsp3) is 0.125. The first kappa shape index (κ1) is 16.5. The molecular formula is C16H13F2N5O2. The zero-order valence-corrected chi connectivity index (χ0v) is 13.3. The molecule has 0 bridgehead atoms. The van der Waals surface area contributed by atoms with Crippen molar-refractivity contribution in [2.75, 3.05) is 10.6 Å². The Morgan fingerprint density at radius 2 is 1.88 bits per heavy atom. The summed E-state index contributed by atoms with van der Waals surface area (Å²) in [7, 11) is 0. The summed E-state index contributed by atoms with van der Waals surface area (Å²) in [4.78, 5) is 20.5. The molecule has 2 aromatic heterocycles. The lowest BCUT2D eigenvalue weighted by Crippen LogP contribution is -2.16. The number of benzene rings is 1. The number of amides is 1. The number of hydrogen-bond donors (Lipinski definition) is 2. The molecule has 9 heteroatoms. The van der Waals surface area contributed by atoms with Gasteiger partial charge < -0.3 is 15.2 Å². The van der Waals surface area contributed by atoms with Gasteiger partial charge in [0.05, 0.1) is 5.69 Å². The van der Waals surface area contributed by atoms with Crippen molar-refractivity contribution in [2.24, 2.45) is 0 Å². The number of rotatable bonds is 4. The van der Waals surface area contributed by atoms with Gasteiger partial charge >= 0.3 is 0 Å². The van der Waals surface area contributed by atoms with E-state index in [4.69, 9.17) is 4.52 Å². The van der Waals surface area contributed by atoms with Crippen LogP contribution in [0.25, 0.3) is 0 Å². The highest BCUT2D eigenvalue weighted by molar-refractivity contribution is 6.03. The van der Waals surface area contributed by atoms with Gasteiger partial charge in [-0.15, -0.1) is 0 Å². The van der Waals surface area contributed by atoms with Gasteiger partial charge in [0.15, 0.2) is 5.82 Å². The highest BCUT2D eigenvalue weighted by atomic mass is 19.1. The predicted octanol–water partition coefficient (Wildman–Crippen LogP) is 3.36. The van der Waals surface area contributed by atoms with Crippen molar-refractivity contribution < 1.29 is 18.1 Å². The lowest BCUT2D eigenvalue weighted by atomic mass is 10.2. The Labute approximate surface area is 141 Å². The molecule has 3 rings (SSSR count). The molecule has 128 valence electrons. The zero-order valence-electron chi connectivity index (χ0n) is 13.3. The van der Waals surface area contributed by atoms with Gasteiger partial charge in [0.1, 0.15) is 34.7 Å². The van der Waals surface area contributed by atoms with Crippen LogP contribution >= 0.6 is 0 Å². The second-order valence-corrected chi connectivity index (χ2v) is 5.21. The second kappa shape index (κ2) is 6.63. The van der Waals surface area contributed by atoms with E-state index in [0.29, 0.717) is 29.3 Å². The van der Waals surface area contributed by atoms with E-state index in [-0.39, 0.29) is 11.4 Å². The Bertz CT molecular complexity index is 942. The average Bonchev–Trinajstić information content (AvgIpc) is 2.94. The maximum atomic E-state index is 13.7. The molecule has 1 aromatic carbocycles. The predicted molar refractivity (Wildman–Crippen MR) is 85.6 cm³/mol. The van der Waals surface area contributed by atoms with E-state index in [0.717, 1.165) is 12.1 Å². The molecule has 3 aromatic rings. The van der Waals surface area contributed by atoms with E-state index in [2.05, 4.69) is 25.8 Å². The minimum Gasteiger partial charge on any atom is -0.360 e. The SMILES string of the molecule is Cc1nc(Nc2cc(C)on2)cc(C(=O)Nc2ccc(F)cc2F)n1. The number of aromatic nitrogens is 3. The summed E-state index contributed by atoms with van der Waals surface area (Å²) in [5, 5.41) is 9.00. The summed E-state index contributed by atoms with van der Waals surface area (Å²) < 4.78 is 31.5. The number of carbonyl (C=O) groups is 1. The van der Waals surface area contributed by atoms with Crippen LogP contribution in [0.3, 0.4) is 0 Å². The third-order valence-electron chi connectivity index (χ3n) is 3.13. The maximum Gasteiger partial charge on any atom is 0.274 e. The lowest BCUT2D eigenvalue weighted by Gasteiger charge is -2.08. The summed E-state index contributed by atoms with van der Waals surface area (Å²) in [5.41, 5.74) is -0.136. The van der Waals surface area contributed by atoms with Gasteiger partial charge in [-0.2, -0.15) is 0 Å². The van der Waals surface area contributed by atoms with Crippen molar-refractivity contribution in [3.63, 3.8) is 0 Å². The smallest absolute Gasteiger partial charge is 0.274 e. The molecule has 0 fully saturated rings. The Hall–Kier alpha value is -3.36. The molecule has 2 N–H and O–H groups in total. The standard InChI is InChI=1S/C16H13F2N5O2/c1-8-5-15(23-25-8)22-14-7-13(19-9(2)20-14)16(24)21-12-4-3-10(17)6-11(12)18/h3-7H,1-2H3,(H,21,24)(H,19,20,22,23). The summed E-state index contributed by atoms with van der Waals surface area (Å²) in [6.07, 6.45) is 0. The molecule has 0 radical (unpaired) electrons. The molecule has 1 amide bonds. The molecule has 0 atom stereocenters. The molecule has 0 saturated carbocycles. The Morgan fingerprint density at radius 3 is 2.56 bits per heavy atom. The molecule has 0 saturated heterocycles. The van der Waals surface area contributed by atoms with Crippen molar-refractivity contribution >= 4 is 23.2 Å². The summed E-state index contributed by atoms with van der Waals surface area (Å²) >= 11 is 0. The van der Waals surface area contributed by atoms with Crippen molar-refractivity contribution in [1.82, 2.24) is 15.1 Å². The number of nitrogens with zero attached hydrogens (tertiary/aromatic N) is 3. The third-order valence-corrected chi connectivity index (χ3v) is 3.13. The van der Waals surface area contributed by atoms with Crippen LogP contribution in [0.4, 0.5) is 26.1 Å². The molecular weight excluding hydrogens is 332 g/mol. The molecule has 0 aliphatic carbocycles. The van der Waals surface area contributed by atoms with E-state index < -0.39 is 17.5 Å². The van der Waals surface area contributed by atoms with Crippen LogP contribution in [0.5, 0.6) is 0 Å². The normalized spacial score (nSPS) is 10.6. The van der Waals surface area contributed by atoms with Gasteiger partial charge in [0, 0.05) is 18.2 Å². The van der Waals surface area contributed by atoms with Crippen LogP contribution in [0, 0.1) is 25.5 Å². The first-order valence-corrected chi connectivity index (χ1v) is 7.23. The quantitative estimate of drug-likeness (QED) is 0.753. The van der Waals surface area contributed by atoms with Crippen LogP contribution in [-0.2, 0) is 0 Å². The highest BCUT2D eigenvalue weighted by Crippen LogP contribution is 2.18. The molecule has 25 heavy (non-hydrogen) atoms. The fourth-order valence-corrected chi connectivity index (χ4v) is 2.08. The minimum atomic E-state index is -0.879. The summed E-state index contributed by atoms with van der Waals surface area (Å²) in [5.74, 6) is -0.584. The summed E-state index contributed by atoms with van der Waals surface area (Å²) in [6.45, 7) is 3.34. The monoisotopic (exact) mass is 345 g/mol. The largest absolute Gasteiger partial charge is 0.360 e. The molecule has 7 nitrogen and oxygen atoms in total. The fourth-order valence-electron chi connectivity index (χ4n) is 2.08. The van der Waals surface area contributed by atoms with Crippen LogP contribution in [0.2, 0.25) is 0 Å². The Kier molecular flexibility index (Phi) is 4.38. The number of carbonyl (C=O) groups excluding carboxylic acids is 1. The van der Waals surface area contributed by atoms with Crippen molar-refractivity contribution in [1.29, 1.82) is 0 Å². The molecule has 0 unspecified atom stereocenters. The molecule has 0 aliphatic heterocycles. The van der Waals surface area contributed by atoms with Gasteiger partial charge in [-0.05, 0) is 26.0 Å². The first-order valence-electron chi connectivity index (χ1n) is 7.23.